The Hall–Kier alpha value is -1.11. The first-order chi connectivity index (χ1) is 7.38. The lowest BCUT2D eigenvalue weighted by molar-refractivity contribution is -0.0327. The number of nitrogens with one attached hydrogen (secondary N) is 1. The summed E-state index contributed by atoms with van der Waals surface area (Å²) < 4.78 is 35.4. The second kappa shape index (κ2) is 5.29. The predicted molar refractivity (Wildman–Crippen MR) is 60.4 cm³/mol. The molecular weight excluding hydrogens is 239 g/mol. The van der Waals surface area contributed by atoms with E-state index in [9.17, 15) is 13.2 Å². The molecule has 0 atom stereocenters. The number of aromatic nitrogens is 1. The predicted octanol–water partition coefficient (Wildman–Crippen LogP) is 2.64. The highest BCUT2D eigenvalue weighted by Crippen LogP contribution is 2.29. The monoisotopic (exact) mass is 251 g/mol. The Kier molecular flexibility index (Phi) is 4.28. The number of nitrogens with two attached hydrogens (primary N) is 1. The molecule has 0 saturated heterocycles. The number of halogens is 3. The van der Waals surface area contributed by atoms with Gasteiger partial charge in [0, 0.05) is 30.2 Å². The van der Waals surface area contributed by atoms with E-state index in [1.165, 1.54) is 0 Å². The second-order valence-corrected chi connectivity index (χ2v) is 4.31. The lowest BCUT2D eigenvalue weighted by Gasteiger charge is -2.08. The van der Waals surface area contributed by atoms with Gasteiger partial charge in [0.25, 0.3) is 0 Å². The van der Waals surface area contributed by atoms with Crippen LogP contribution < -0.4 is 11.1 Å². The van der Waals surface area contributed by atoms with Crippen molar-refractivity contribution in [3.8, 4) is 0 Å². The smallest absolute Gasteiger partial charge is 0.398 e. The van der Waals surface area contributed by atoms with Crippen LogP contribution in [0.15, 0.2) is 12.3 Å². The zero-order valence-electron chi connectivity index (χ0n) is 8.64. The molecule has 0 bridgehead atoms. The van der Waals surface area contributed by atoms with Crippen LogP contribution in [0.4, 0.5) is 24.7 Å². The van der Waals surface area contributed by atoms with E-state index in [4.69, 9.17) is 5.73 Å². The molecule has 0 saturated carbocycles. The van der Waals surface area contributed by atoms with Gasteiger partial charge >= 0.3 is 5.51 Å². The quantitative estimate of drug-likeness (QED) is 0.808. The number of anilines is 2. The SMILES string of the molecule is Cc1cnc(NCCSC(F)(F)F)cc1N. The fourth-order valence-electron chi connectivity index (χ4n) is 0.982. The van der Waals surface area contributed by atoms with Crippen LogP contribution in [0, 0.1) is 6.92 Å². The van der Waals surface area contributed by atoms with Gasteiger partial charge in [-0.3, -0.25) is 0 Å². The van der Waals surface area contributed by atoms with Crippen molar-refractivity contribution in [3.05, 3.63) is 17.8 Å². The molecule has 0 amide bonds. The van der Waals surface area contributed by atoms with Crippen LogP contribution in [-0.4, -0.2) is 22.8 Å². The summed E-state index contributed by atoms with van der Waals surface area (Å²) in [5.74, 6) is 0.435. The number of hydrogen-bond donors (Lipinski definition) is 2. The van der Waals surface area contributed by atoms with Crippen LogP contribution in [0.1, 0.15) is 5.56 Å². The Labute approximate surface area is 95.6 Å². The molecule has 1 heterocycles. The third-order valence-corrected chi connectivity index (χ3v) is 2.55. The molecule has 1 aromatic heterocycles. The molecule has 0 aliphatic heterocycles. The van der Waals surface area contributed by atoms with Crippen LogP contribution in [0.2, 0.25) is 0 Å². The van der Waals surface area contributed by atoms with Crippen molar-refractivity contribution in [2.75, 3.05) is 23.3 Å². The summed E-state index contributed by atoms with van der Waals surface area (Å²) in [6.07, 6.45) is 1.58. The van der Waals surface area contributed by atoms with Gasteiger partial charge in [0.05, 0.1) is 0 Å². The maximum absolute atomic E-state index is 11.8. The summed E-state index contributed by atoms with van der Waals surface area (Å²) in [7, 11) is 0. The van der Waals surface area contributed by atoms with E-state index in [0.29, 0.717) is 11.5 Å². The number of rotatable bonds is 4. The zero-order chi connectivity index (χ0) is 12.2. The van der Waals surface area contributed by atoms with Crippen molar-refractivity contribution < 1.29 is 13.2 Å². The maximum atomic E-state index is 11.8. The molecular formula is C9H12F3N3S. The molecule has 1 rings (SSSR count). The van der Waals surface area contributed by atoms with E-state index >= 15 is 0 Å². The van der Waals surface area contributed by atoms with Crippen molar-refractivity contribution in [1.29, 1.82) is 0 Å². The standard InChI is InChI=1S/C9H12F3N3S/c1-6-5-15-8(4-7(6)13)14-2-3-16-9(10,11)12/h4-5H,2-3H2,1H3,(H3,13,14,15). The molecule has 0 aliphatic rings. The van der Waals surface area contributed by atoms with E-state index in [-0.39, 0.29) is 24.1 Å². The third-order valence-electron chi connectivity index (χ3n) is 1.82. The van der Waals surface area contributed by atoms with Crippen LogP contribution in [-0.2, 0) is 0 Å². The number of pyridine rings is 1. The minimum atomic E-state index is -4.18. The van der Waals surface area contributed by atoms with E-state index in [0.717, 1.165) is 5.56 Å². The molecule has 16 heavy (non-hydrogen) atoms. The first-order valence-electron chi connectivity index (χ1n) is 4.55. The summed E-state index contributed by atoms with van der Waals surface area (Å²) in [6, 6.07) is 1.60. The Bertz CT molecular complexity index is 354. The Morgan fingerprint density at radius 1 is 1.50 bits per heavy atom. The molecule has 0 fully saturated rings. The Balaban J connectivity index is 2.35. The number of hydrogen-bond acceptors (Lipinski definition) is 4. The van der Waals surface area contributed by atoms with Gasteiger partial charge < -0.3 is 11.1 Å². The molecule has 0 radical (unpaired) electrons. The lowest BCUT2D eigenvalue weighted by Crippen LogP contribution is -2.10. The zero-order valence-corrected chi connectivity index (χ0v) is 9.45. The molecule has 7 heteroatoms. The van der Waals surface area contributed by atoms with Crippen LogP contribution in [0.25, 0.3) is 0 Å². The van der Waals surface area contributed by atoms with Gasteiger partial charge in [-0.2, -0.15) is 13.2 Å². The molecule has 3 nitrogen and oxygen atoms in total. The van der Waals surface area contributed by atoms with Gasteiger partial charge in [0.1, 0.15) is 5.82 Å². The first-order valence-corrected chi connectivity index (χ1v) is 5.54. The number of thioether (sulfide) groups is 1. The summed E-state index contributed by atoms with van der Waals surface area (Å²) in [6.45, 7) is 2.01. The number of nitrogen functional groups attached to an aromatic ring is 1. The topological polar surface area (TPSA) is 50.9 Å². The summed E-state index contributed by atoms with van der Waals surface area (Å²) in [5, 5.41) is 2.77. The second-order valence-electron chi connectivity index (χ2n) is 3.15. The average Bonchev–Trinajstić information content (AvgIpc) is 2.17. The van der Waals surface area contributed by atoms with Crippen molar-refractivity contribution in [3.63, 3.8) is 0 Å². The highest BCUT2D eigenvalue weighted by atomic mass is 32.2. The van der Waals surface area contributed by atoms with Crippen LogP contribution in [0.3, 0.4) is 0 Å². The summed E-state index contributed by atoms with van der Waals surface area (Å²) >= 11 is -0.0614. The van der Waals surface area contributed by atoms with Crippen molar-refractivity contribution in [2.45, 2.75) is 12.4 Å². The highest BCUT2D eigenvalue weighted by Gasteiger charge is 2.27. The first kappa shape index (κ1) is 13.0. The third kappa shape index (κ3) is 4.61. The van der Waals surface area contributed by atoms with Crippen LogP contribution >= 0.6 is 11.8 Å². The van der Waals surface area contributed by atoms with Crippen LogP contribution in [0.5, 0.6) is 0 Å². The van der Waals surface area contributed by atoms with Crippen molar-refractivity contribution >= 4 is 23.3 Å². The number of nitrogens with zero attached hydrogens (tertiary/aromatic N) is 1. The van der Waals surface area contributed by atoms with Crippen molar-refractivity contribution in [1.82, 2.24) is 4.98 Å². The minimum absolute atomic E-state index is 0.0566. The van der Waals surface area contributed by atoms with E-state index in [1.807, 2.05) is 6.92 Å². The van der Waals surface area contributed by atoms with Gasteiger partial charge in [-0.05, 0) is 24.2 Å². The van der Waals surface area contributed by atoms with Gasteiger partial charge in [-0.25, -0.2) is 4.98 Å². The molecule has 0 spiro atoms. The highest BCUT2D eigenvalue weighted by molar-refractivity contribution is 8.00. The minimum Gasteiger partial charge on any atom is -0.398 e. The lowest BCUT2D eigenvalue weighted by atomic mass is 10.2. The molecule has 90 valence electrons. The fourth-order valence-corrected chi connectivity index (χ4v) is 1.42. The van der Waals surface area contributed by atoms with Gasteiger partial charge in [-0.15, -0.1) is 0 Å². The largest absolute Gasteiger partial charge is 0.441 e. The van der Waals surface area contributed by atoms with E-state index in [2.05, 4.69) is 10.3 Å². The Morgan fingerprint density at radius 2 is 2.19 bits per heavy atom. The summed E-state index contributed by atoms with van der Waals surface area (Å²) in [5.41, 5.74) is 2.86. The maximum Gasteiger partial charge on any atom is 0.441 e. The molecule has 0 unspecified atom stereocenters. The van der Waals surface area contributed by atoms with Crippen molar-refractivity contribution in [2.24, 2.45) is 0 Å². The van der Waals surface area contributed by atoms with Gasteiger partial charge in [0.15, 0.2) is 0 Å². The van der Waals surface area contributed by atoms with E-state index in [1.54, 1.807) is 12.3 Å². The Morgan fingerprint density at radius 3 is 2.75 bits per heavy atom. The van der Waals surface area contributed by atoms with E-state index < -0.39 is 5.51 Å². The molecule has 1 aromatic rings. The fraction of sp³-hybridized carbons (Fsp3) is 0.444. The van der Waals surface area contributed by atoms with Gasteiger partial charge in [-0.1, -0.05) is 0 Å². The average molecular weight is 251 g/mol. The molecule has 0 aromatic carbocycles. The molecule has 3 N–H and O–H groups in total. The number of aryl methyl sites for hydroxylation is 1. The molecule has 0 aliphatic carbocycles. The normalized spacial score (nSPS) is 11.5. The summed E-state index contributed by atoms with van der Waals surface area (Å²) in [4.78, 5) is 3.99. The van der Waals surface area contributed by atoms with Gasteiger partial charge in [0.2, 0.25) is 0 Å². The number of alkyl halides is 3.